The SMILES string of the molecule is CCc1c(Cl)nc(-c2ncc(Cl)cc2Cl)nc1Cl. The van der Waals surface area contributed by atoms with Crippen molar-refractivity contribution >= 4 is 46.4 Å². The van der Waals surface area contributed by atoms with Gasteiger partial charge in [0.05, 0.1) is 10.0 Å². The summed E-state index contributed by atoms with van der Waals surface area (Å²) in [7, 11) is 0. The molecule has 0 fully saturated rings. The number of halogens is 4. The van der Waals surface area contributed by atoms with Gasteiger partial charge in [-0.05, 0) is 12.5 Å². The van der Waals surface area contributed by atoms with Crippen LogP contribution in [0, 0.1) is 0 Å². The van der Waals surface area contributed by atoms with E-state index in [0.29, 0.717) is 38.0 Å². The van der Waals surface area contributed by atoms with Gasteiger partial charge in [-0.15, -0.1) is 0 Å². The number of pyridine rings is 1. The predicted molar refractivity (Wildman–Crippen MR) is 74.7 cm³/mol. The highest BCUT2D eigenvalue weighted by Crippen LogP contribution is 2.29. The largest absolute Gasteiger partial charge is 0.250 e. The first-order valence-electron chi connectivity index (χ1n) is 5.06. The second-order valence-corrected chi connectivity index (χ2v) is 5.00. The summed E-state index contributed by atoms with van der Waals surface area (Å²) in [5.74, 6) is 0.281. The molecule has 0 aliphatic rings. The topological polar surface area (TPSA) is 38.7 Å². The molecule has 0 unspecified atom stereocenters. The van der Waals surface area contributed by atoms with Crippen molar-refractivity contribution in [2.24, 2.45) is 0 Å². The van der Waals surface area contributed by atoms with Gasteiger partial charge in [-0.3, -0.25) is 0 Å². The van der Waals surface area contributed by atoms with Gasteiger partial charge in [-0.2, -0.15) is 0 Å². The molecule has 0 amide bonds. The number of rotatable bonds is 2. The maximum absolute atomic E-state index is 6.04. The summed E-state index contributed by atoms with van der Waals surface area (Å²) in [4.78, 5) is 12.4. The lowest BCUT2D eigenvalue weighted by molar-refractivity contribution is 1.04. The maximum atomic E-state index is 6.04. The zero-order valence-electron chi connectivity index (χ0n) is 9.22. The van der Waals surface area contributed by atoms with E-state index >= 15 is 0 Å². The van der Waals surface area contributed by atoms with Crippen LogP contribution in [0.15, 0.2) is 12.3 Å². The molecule has 18 heavy (non-hydrogen) atoms. The Morgan fingerprint density at radius 3 is 2.17 bits per heavy atom. The molecule has 3 nitrogen and oxygen atoms in total. The van der Waals surface area contributed by atoms with Crippen LogP contribution in [-0.4, -0.2) is 15.0 Å². The minimum absolute atomic E-state index is 0.281. The highest BCUT2D eigenvalue weighted by atomic mass is 35.5. The molecular weight excluding hydrogens is 316 g/mol. The lowest BCUT2D eigenvalue weighted by Gasteiger charge is -2.07. The molecule has 94 valence electrons. The van der Waals surface area contributed by atoms with E-state index in [4.69, 9.17) is 46.4 Å². The second kappa shape index (κ2) is 5.57. The summed E-state index contributed by atoms with van der Waals surface area (Å²) in [6.45, 7) is 1.92. The van der Waals surface area contributed by atoms with Crippen molar-refractivity contribution in [2.75, 3.05) is 0 Å². The van der Waals surface area contributed by atoms with Crippen molar-refractivity contribution in [1.29, 1.82) is 0 Å². The van der Waals surface area contributed by atoms with Crippen LogP contribution in [0.3, 0.4) is 0 Å². The van der Waals surface area contributed by atoms with E-state index in [1.807, 2.05) is 6.92 Å². The fourth-order valence-corrected chi connectivity index (χ4v) is 2.53. The Labute approximate surface area is 124 Å². The summed E-state index contributed by atoms with van der Waals surface area (Å²) < 4.78 is 0. The molecule has 2 aromatic heterocycles. The normalized spacial score (nSPS) is 10.7. The van der Waals surface area contributed by atoms with Gasteiger partial charge < -0.3 is 0 Å². The first-order chi connectivity index (χ1) is 8.52. The number of nitrogens with zero attached hydrogens (tertiary/aromatic N) is 3. The summed E-state index contributed by atoms with van der Waals surface area (Å²) in [5, 5.41) is 1.39. The third-order valence-corrected chi connectivity index (χ3v) is 3.40. The molecule has 0 saturated heterocycles. The second-order valence-electron chi connectivity index (χ2n) is 3.44. The average molecular weight is 323 g/mol. The minimum atomic E-state index is 0.281. The van der Waals surface area contributed by atoms with Crippen LogP contribution < -0.4 is 0 Å². The Morgan fingerprint density at radius 2 is 1.67 bits per heavy atom. The Hall–Kier alpha value is -0.610. The van der Waals surface area contributed by atoms with Gasteiger partial charge in [0.2, 0.25) is 0 Å². The molecule has 2 aromatic rings. The number of aromatic nitrogens is 3. The van der Waals surface area contributed by atoms with E-state index in [1.54, 1.807) is 6.07 Å². The van der Waals surface area contributed by atoms with Crippen LogP contribution in [0.4, 0.5) is 0 Å². The van der Waals surface area contributed by atoms with E-state index in [2.05, 4.69) is 15.0 Å². The van der Waals surface area contributed by atoms with E-state index in [1.165, 1.54) is 6.20 Å². The van der Waals surface area contributed by atoms with Crippen LogP contribution in [0.2, 0.25) is 20.4 Å². The molecule has 0 radical (unpaired) electrons. The Kier molecular flexibility index (Phi) is 4.28. The molecule has 0 aromatic carbocycles. The standard InChI is InChI=1S/C11H7Cl4N3/c1-2-6-9(14)17-11(18-10(6)15)8-7(13)3-5(12)4-16-8/h3-4H,2H2,1H3. The molecule has 0 saturated carbocycles. The highest BCUT2D eigenvalue weighted by Gasteiger charge is 2.14. The van der Waals surface area contributed by atoms with Crippen molar-refractivity contribution in [2.45, 2.75) is 13.3 Å². The van der Waals surface area contributed by atoms with Gasteiger partial charge in [0.25, 0.3) is 0 Å². The minimum Gasteiger partial charge on any atom is -0.250 e. The zero-order chi connectivity index (χ0) is 13.3. The molecule has 0 N–H and O–H groups in total. The Bertz CT molecular complexity index is 578. The van der Waals surface area contributed by atoms with Crippen molar-refractivity contribution in [3.8, 4) is 11.5 Å². The molecule has 0 bridgehead atoms. The lowest BCUT2D eigenvalue weighted by Crippen LogP contribution is -1.98. The van der Waals surface area contributed by atoms with Crippen molar-refractivity contribution < 1.29 is 0 Å². The third-order valence-electron chi connectivity index (χ3n) is 2.28. The first kappa shape index (κ1) is 13.8. The maximum Gasteiger partial charge on any atom is 0.182 e. The first-order valence-corrected chi connectivity index (χ1v) is 6.57. The fraction of sp³-hybridized carbons (Fsp3) is 0.182. The van der Waals surface area contributed by atoms with Crippen molar-refractivity contribution in [1.82, 2.24) is 15.0 Å². The van der Waals surface area contributed by atoms with Crippen LogP contribution >= 0.6 is 46.4 Å². The molecule has 2 rings (SSSR count). The molecule has 2 heterocycles. The average Bonchev–Trinajstić information content (AvgIpc) is 2.28. The zero-order valence-corrected chi connectivity index (χ0v) is 12.2. The molecule has 0 aliphatic carbocycles. The molecule has 0 atom stereocenters. The van der Waals surface area contributed by atoms with E-state index in [-0.39, 0.29) is 5.82 Å². The van der Waals surface area contributed by atoms with Crippen LogP contribution in [-0.2, 0) is 6.42 Å². The van der Waals surface area contributed by atoms with E-state index < -0.39 is 0 Å². The summed E-state index contributed by atoms with van der Waals surface area (Å²) in [6.07, 6.45) is 2.11. The van der Waals surface area contributed by atoms with Crippen molar-refractivity contribution in [3.63, 3.8) is 0 Å². The molecule has 0 spiro atoms. The van der Waals surface area contributed by atoms with Gasteiger partial charge >= 0.3 is 0 Å². The Balaban J connectivity index is 2.58. The van der Waals surface area contributed by atoms with Crippen LogP contribution in [0.25, 0.3) is 11.5 Å². The van der Waals surface area contributed by atoms with Gasteiger partial charge in [0, 0.05) is 11.8 Å². The number of hydrogen-bond donors (Lipinski definition) is 0. The monoisotopic (exact) mass is 321 g/mol. The highest BCUT2D eigenvalue weighted by molar-refractivity contribution is 6.36. The molecule has 0 aliphatic heterocycles. The summed E-state index contributed by atoms with van der Waals surface area (Å²) in [6, 6.07) is 1.56. The van der Waals surface area contributed by atoms with Crippen LogP contribution in [0.1, 0.15) is 12.5 Å². The smallest absolute Gasteiger partial charge is 0.182 e. The summed E-state index contributed by atoms with van der Waals surface area (Å²) in [5.41, 5.74) is 1.10. The van der Waals surface area contributed by atoms with Gasteiger partial charge in [-0.1, -0.05) is 53.3 Å². The van der Waals surface area contributed by atoms with Gasteiger partial charge in [-0.25, -0.2) is 15.0 Å². The fourth-order valence-electron chi connectivity index (χ4n) is 1.41. The van der Waals surface area contributed by atoms with Gasteiger partial charge in [0.15, 0.2) is 5.82 Å². The predicted octanol–water partition coefficient (Wildman–Crippen LogP) is 4.71. The van der Waals surface area contributed by atoms with E-state index in [9.17, 15) is 0 Å². The van der Waals surface area contributed by atoms with E-state index in [0.717, 1.165) is 0 Å². The van der Waals surface area contributed by atoms with Crippen LogP contribution in [0.5, 0.6) is 0 Å². The number of hydrogen-bond acceptors (Lipinski definition) is 3. The third kappa shape index (κ3) is 2.69. The molecular formula is C11H7Cl4N3. The Morgan fingerprint density at radius 1 is 1.06 bits per heavy atom. The molecule has 7 heteroatoms. The van der Waals surface area contributed by atoms with Gasteiger partial charge in [0.1, 0.15) is 16.0 Å². The van der Waals surface area contributed by atoms with Crippen molar-refractivity contribution in [3.05, 3.63) is 38.2 Å². The summed E-state index contributed by atoms with van der Waals surface area (Å²) >= 11 is 23.9. The lowest BCUT2D eigenvalue weighted by atomic mass is 10.2. The quantitative estimate of drug-likeness (QED) is 0.751.